The Morgan fingerprint density at radius 2 is 1.59 bits per heavy atom. The fraction of sp³-hybridized carbons (Fsp3) is 0.154. The van der Waals surface area contributed by atoms with Crippen LogP contribution in [0.1, 0.15) is 21.5 Å². The molecule has 0 fully saturated rings. The lowest BCUT2D eigenvalue weighted by atomic mass is 9.89. The summed E-state index contributed by atoms with van der Waals surface area (Å²) in [5.74, 6) is 0.590. The molecule has 0 bridgehead atoms. The molecule has 162 valence electrons. The third-order valence-electron chi connectivity index (χ3n) is 5.20. The Balaban J connectivity index is 1.93. The molecule has 1 heterocycles. The number of para-hydroxylation sites is 1. The molecule has 3 aromatic rings. The zero-order valence-corrected chi connectivity index (χ0v) is 17.8. The lowest BCUT2D eigenvalue weighted by Crippen LogP contribution is -2.16. The summed E-state index contributed by atoms with van der Waals surface area (Å²) in [6.45, 7) is 0.104. The minimum atomic E-state index is -0.613. The first kappa shape index (κ1) is 21.2. The van der Waals surface area contributed by atoms with Crippen LogP contribution in [0.3, 0.4) is 0 Å². The molecular formula is C26H22O6. The summed E-state index contributed by atoms with van der Waals surface area (Å²) in [6.07, 6.45) is 0.233. The van der Waals surface area contributed by atoms with Gasteiger partial charge in [0.25, 0.3) is 0 Å². The van der Waals surface area contributed by atoms with Crippen molar-refractivity contribution in [3.05, 3.63) is 95.1 Å². The summed E-state index contributed by atoms with van der Waals surface area (Å²) < 4.78 is 21.4. The summed E-state index contributed by atoms with van der Waals surface area (Å²) >= 11 is 0. The molecule has 0 radical (unpaired) electrons. The Morgan fingerprint density at radius 1 is 0.875 bits per heavy atom. The number of hydrogen-bond acceptors (Lipinski definition) is 6. The zero-order valence-electron chi connectivity index (χ0n) is 17.8. The van der Waals surface area contributed by atoms with Gasteiger partial charge in [-0.25, -0.2) is 4.79 Å². The molecule has 1 aliphatic heterocycles. The monoisotopic (exact) mass is 430 g/mol. The van der Waals surface area contributed by atoms with E-state index in [2.05, 4.69) is 0 Å². The van der Waals surface area contributed by atoms with Crippen molar-refractivity contribution >= 4 is 17.3 Å². The van der Waals surface area contributed by atoms with E-state index in [0.717, 1.165) is 5.56 Å². The van der Waals surface area contributed by atoms with Crippen LogP contribution in [0.25, 0.3) is 5.57 Å². The van der Waals surface area contributed by atoms with Gasteiger partial charge in [0.2, 0.25) is 6.79 Å². The molecule has 3 aromatic carbocycles. The highest BCUT2D eigenvalue weighted by Crippen LogP contribution is 2.37. The van der Waals surface area contributed by atoms with Crippen molar-refractivity contribution in [2.75, 3.05) is 21.0 Å². The standard InChI is InChI=1S/C26H22O6/c1-29-21-11-7-6-10-19(21)25(27)20(14-17-8-4-3-5-9-17)24(26(28)30-2)18-12-13-22-23(15-18)32-16-31-22/h3-13,15H,14,16H2,1-2H3/b24-20-. The van der Waals surface area contributed by atoms with E-state index in [1.54, 1.807) is 42.5 Å². The van der Waals surface area contributed by atoms with Gasteiger partial charge in [-0.15, -0.1) is 0 Å². The molecule has 6 nitrogen and oxygen atoms in total. The summed E-state index contributed by atoms with van der Waals surface area (Å²) in [5, 5.41) is 0. The van der Waals surface area contributed by atoms with Gasteiger partial charge in [-0.05, 0) is 35.4 Å². The number of carbonyl (C=O) groups excluding carboxylic acids is 2. The van der Waals surface area contributed by atoms with E-state index < -0.39 is 5.97 Å². The van der Waals surface area contributed by atoms with Crippen LogP contribution in [0.5, 0.6) is 17.2 Å². The molecule has 0 unspecified atom stereocenters. The van der Waals surface area contributed by atoms with Crippen LogP contribution in [0.4, 0.5) is 0 Å². The molecule has 0 saturated heterocycles. The third kappa shape index (κ3) is 4.21. The van der Waals surface area contributed by atoms with Crippen LogP contribution in [-0.2, 0) is 16.0 Å². The number of allylic oxidation sites excluding steroid dienone is 1. The van der Waals surface area contributed by atoms with Crippen molar-refractivity contribution in [2.45, 2.75) is 6.42 Å². The van der Waals surface area contributed by atoms with E-state index in [1.165, 1.54) is 14.2 Å². The van der Waals surface area contributed by atoms with Gasteiger partial charge < -0.3 is 18.9 Å². The van der Waals surface area contributed by atoms with Gasteiger partial charge in [-0.2, -0.15) is 0 Å². The van der Waals surface area contributed by atoms with E-state index in [1.807, 2.05) is 30.3 Å². The number of rotatable bonds is 7. The Hall–Kier alpha value is -4.06. The smallest absolute Gasteiger partial charge is 0.338 e. The number of methoxy groups -OCH3 is 2. The van der Waals surface area contributed by atoms with Crippen molar-refractivity contribution in [1.29, 1.82) is 0 Å². The second-order valence-electron chi connectivity index (χ2n) is 7.10. The largest absolute Gasteiger partial charge is 0.496 e. The molecular weight excluding hydrogens is 408 g/mol. The zero-order chi connectivity index (χ0) is 22.5. The highest BCUT2D eigenvalue weighted by atomic mass is 16.7. The van der Waals surface area contributed by atoms with E-state index in [0.29, 0.717) is 33.9 Å². The molecule has 32 heavy (non-hydrogen) atoms. The average molecular weight is 430 g/mol. The van der Waals surface area contributed by atoms with Crippen molar-refractivity contribution in [1.82, 2.24) is 0 Å². The van der Waals surface area contributed by atoms with Gasteiger partial charge in [-0.1, -0.05) is 48.5 Å². The molecule has 0 N–H and O–H groups in total. The number of carbonyl (C=O) groups is 2. The predicted octanol–water partition coefficient (Wildman–Crippen LogP) is 4.48. The average Bonchev–Trinajstić information content (AvgIpc) is 3.31. The summed E-state index contributed by atoms with van der Waals surface area (Å²) in [6, 6.07) is 21.6. The van der Waals surface area contributed by atoms with Crippen LogP contribution in [0.15, 0.2) is 78.4 Å². The fourth-order valence-corrected chi connectivity index (χ4v) is 3.65. The topological polar surface area (TPSA) is 71.1 Å². The quantitative estimate of drug-likeness (QED) is 0.313. The molecule has 0 spiro atoms. The first-order valence-electron chi connectivity index (χ1n) is 10.1. The second kappa shape index (κ2) is 9.39. The number of ketones is 1. The Morgan fingerprint density at radius 3 is 2.34 bits per heavy atom. The number of esters is 1. The van der Waals surface area contributed by atoms with E-state index in [4.69, 9.17) is 18.9 Å². The Labute approximate surface area is 186 Å². The van der Waals surface area contributed by atoms with Gasteiger partial charge in [0.05, 0.1) is 25.4 Å². The lowest BCUT2D eigenvalue weighted by Gasteiger charge is -2.16. The SMILES string of the molecule is COC(=O)/C(=C(/Cc1ccccc1)C(=O)c1ccccc1OC)c1ccc2c(c1)OCO2. The molecule has 0 atom stereocenters. The van der Waals surface area contributed by atoms with Crippen molar-refractivity contribution < 1.29 is 28.5 Å². The number of hydrogen-bond donors (Lipinski definition) is 0. The number of ether oxygens (including phenoxy) is 4. The van der Waals surface area contributed by atoms with Gasteiger partial charge in [0.15, 0.2) is 17.3 Å². The maximum absolute atomic E-state index is 13.8. The van der Waals surface area contributed by atoms with Crippen molar-refractivity contribution in [2.24, 2.45) is 0 Å². The van der Waals surface area contributed by atoms with Gasteiger partial charge >= 0.3 is 5.97 Å². The molecule has 0 aromatic heterocycles. The second-order valence-corrected chi connectivity index (χ2v) is 7.10. The minimum absolute atomic E-state index is 0.104. The minimum Gasteiger partial charge on any atom is -0.496 e. The van der Waals surface area contributed by atoms with E-state index in [-0.39, 0.29) is 24.6 Å². The predicted molar refractivity (Wildman–Crippen MR) is 119 cm³/mol. The maximum Gasteiger partial charge on any atom is 0.338 e. The molecule has 0 saturated carbocycles. The first-order chi connectivity index (χ1) is 15.6. The Kier molecular flexibility index (Phi) is 6.22. The van der Waals surface area contributed by atoms with Crippen molar-refractivity contribution in [3.63, 3.8) is 0 Å². The first-order valence-corrected chi connectivity index (χ1v) is 10.1. The Bertz CT molecular complexity index is 1180. The molecule has 1 aliphatic rings. The summed E-state index contributed by atoms with van der Waals surface area (Å²) in [4.78, 5) is 26.8. The number of Topliss-reactive ketones (excluding diaryl/α,β-unsaturated/α-hetero) is 1. The van der Waals surface area contributed by atoms with E-state index >= 15 is 0 Å². The highest BCUT2D eigenvalue weighted by Gasteiger charge is 2.27. The van der Waals surface area contributed by atoms with Crippen LogP contribution < -0.4 is 14.2 Å². The van der Waals surface area contributed by atoms with Gasteiger partial charge in [0, 0.05) is 12.0 Å². The van der Waals surface area contributed by atoms with Crippen LogP contribution in [0.2, 0.25) is 0 Å². The van der Waals surface area contributed by atoms with E-state index in [9.17, 15) is 9.59 Å². The molecule has 6 heteroatoms. The summed E-state index contributed by atoms with van der Waals surface area (Å²) in [7, 11) is 2.80. The number of benzene rings is 3. The molecule has 0 amide bonds. The number of fused-ring (bicyclic) bond motifs is 1. The highest BCUT2D eigenvalue weighted by molar-refractivity contribution is 6.27. The van der Waals surface area contributed by atoms with Crippen LogP contribution in [-0.4, -0.2) is 32.8 Å². The van der Waals surface area contributed by atoms with Crippen LogP contribution in [0, 0.1) is 0 Å². The maximum atomic E-state index is 13.8. The van der Waals surface area contributed by atoms with Gasteiger partial charge in [0.1, 0.15) is 5.75 Å². The molecule has 0 aliphatic carbocycles. The van der Waals surface area contributed by atoms with Crippen molar-refractivity contribution in [3.8, 4) is 17.2 Å². The molecule has 4 rings (SSSR count). The normalized spacial score (nSPS) is 12.7. The third-order valence-corrected chi connectivity index (χ3v) is 5.20. The lowest BCUT2D eigenvalue weighted by molar-refractivity contribution is -0.133. The van der Waals surface area contributed by atoms with Gasteiger partial charge in [-0.3, -0.25) is 4.79 Å². The fourth-order valence-electron chi connectivity index (χ4n) is 3.65. The summed E-state index contributed by atoms with van der Waals surface area (Å²) in [5.41, 5.74) is 2.23. The van der Waals surface area contributed by atoms with Crippen LogP contribution >= 0.6 is 0 Å².